The Balaban J connectivity index is 1.90. The molecule has 3 heteroatoms. The average molecular weight is 266 g/mol. The van der Waals surface area contributed by atoms with Gasteiger partial charge in [0.1, 0.15) is 0 Å². The smallest absolute Gasteiger partial charge is 0.239 e. The molecule has 110 valence electrons. The molecular formula is C16H30N2O. The third-order valence-corrected chi connectivity index (χ3v) is 5.11. The molecule has 3 nitrogen and oxygen atoms in total. The van der Waals surface area contributed by atoms with Crippen molar-refractivity contribution in [2.75, 3.05) is 19.6 Å². The molecule has 2 aliphatic rings. The van der Waals surface area contributed by atoms with Crippen LogP contribution in [0.25, 0.3) is 0 Å². The number of hydrogen-bond donors (Lipinski definition) is 1. The molecule has 2 heterocycles. The summed E-state index contributed by atoms with van der Waals surface area (Å²) in [6.07, 6.45) is 4.63. The lowest BCUT2D eigenvalue weighted by molar-refractivity contribution is -0.133. The van der Waals surface area contributed by atoms with Crippen molar-refractivity contribution in [3.63, 3.8) is 0 Å². The molecule has 0 spiro atoms. The van der Waals surface area contributed by atoms with Crippen molar-refractivity contribution >= 4 is 5.91 Å². The Morgan fingerprint density at radius 1 is 1.32 bits per heavy atom. The van der Waals surface area contributed by atoms with Crippen LogP contribution < -0.4 is 5.32 Å². The van der Waals surface area contributed by atoms with Crippen LogP contribution in [0.4, 0.5) is 0 Å². The van der Waals surface area contributed by atoms with Crippen LogP contribution in [0.1, 0.15) is 53.4 Å². The van der Waals surface area contributed by atoms with E-state index in [0.29, 0.717) is 17.2 Å². The van der Waals surface area contributed by atoms with Gasteiger partial charge in [0.05, 0.1) is 6.04 Å². The van der Waals surface area contributed by atoms with Gasteiger partial charge in [-0.3, -0.25) is 4.79 Å². The number of likely N-dealkylation sites (tertiary alicyclic amines) is 1. The number of rotatable bonds is 2. The molecule has 2 saturated heterocycles. The first-order valence-electron chi connectivity index (χ1n) is 7.94. The molecule has 0 aromatic rings. The molecule has 2 aliphatic heterocycles. The van der Waals surface area contributed by atoms with E-state index >= 15 is 0 Å². The Bertz CT molecular complexity index is 321. The fourth-order valence-electron chi connectivity index (χ4n) is 3.44. The zero-order valence-electron chi connectivity index (χ0n) is 13.0. The van der Waals surface area contributed by atoms with Crippen molar-refractivity contribution in [2.45, 2.75) is 59.4 Å². The second-order valence-corrected chi connectivity index (χ2v) is 7.44. The van der Waals surface area contributed by atoms with E-state index in [1.54, 1.807) is 0 Å². The van der Waals surface area contributed by atoms with E-state index in [2.05, 4.69) is 37.9 Å². The Morgan fingerprint density at radius 3 is 2.63 bits per heavy atom. The Morgan fingerprint density at radius 2 is 2.05 bits per heavy atom. The minimum atomic E-state index is 0.0809. The maximum atomic E-state index is 12.6. The normalized spacial score (nSPS) is 32.6. The van der Waals surface area contributed by atoms with Crippen LogP contribution in [0.2, 0.25) is 0 Å². The summed E-state index contributed by atoms with van der Waals surface area (Å²) in [4.78, 5) is 14.7. The highest BCUT2D eigenvalue weighted by atomic mass is 16.2. The standard InChI is InChI=1S/C16H30N2O/c1-5-12-6-8-17-14(10-12)15(19)18-9-7-13(11-18)16(2,3)4/h12-14,17H,5-11H2,1-4H3. The van der Waals surface area contributed by atoms with Gasteiger partial charge in [0.15, 0.2) is 0 Å². The molecule has 1 amide bonds. The summed E-state index contributed by atoms with van der Waals surface area (Å²) >= 11 is 0. The molecule has 2 fully saturated rings. The Kier molecular flexibility index (Phi) is 4.54. The van der Waals surface area contributed by atoms with Crippen LogP contribution in [0.3, 0.4) is 0 Å². The van der Waals surface area contributed by atoms with Gasteiger partial charge in [-0.1, -0.05) is 34.1 Å². The summed E-state index contributed by atoms with van der Waals surface area (Å²) in [6.45, 7) is 12.0. The van der Waals surface area contributed by atoms with E-state index in [4.69, 9.17) is 0 Å². The fraction of sp³-hybridized carbons (Fsp3) is 0.938. The van der Waals surface area contributed by atoms with Gasteiger partial charge in [0.25, 0.3) is 0 Å². The Labute approximate surface area is 118 Å². The predicted molar refractivity (Wildman–Crippen MR) is 78.9 cm³/mol. The molecule has 2 rings (SSSR count). The van der Waals surface area contributed by atoms with Crippen molar-refractivity contribution in [1.29, 1.82) is 0 Å². The molecule has 3 unspecified atom stereocenters. The maximum Gasteiger partial charge on any atom is 0.239 e. The van der Waals surface area contributed by atoms with Gasteiger partial charge in [-0.25, -0.2) is 0 Å². The van der Waals surface area contributed by atoms with Gasteiger partial charge in [-0.2, -0.15) is 0 Å². The second kappa shape index (κ2) is 5.82. The summed E-state index contributed by atoms with van der Waals surface area (Å²) in [5.74, 6) is 1.74. The number of nitrogens with zero attached hydrogens (tertiary/aromatic N) is 1. The van der Waals surface area contributed by atoms with Gasteiger partial charge in [0.2, 0.25) is 5.91 Å². The van der Waals surface area contributed by atoms with E-state index in [-0.39, 0.29) is 6.04 Å². The van der Waals surface area contributed by atoms with Crippen LogP contribution in [-0.2, 0) is 4.79 Å². The molecule has 0 saturated carbocycles. The minimum Gasteiger partial charge on any atom is -0.341 e. The number of carbonyl (C=O) groups is 1. The third-order valence-electron chi connectivity index (χ3n) is 5.11. The number of piperidine rings is 1. The molecule has 0 radical (unpaired) electrons. The first-order chi connectivity index (χ1) is 8.91. The first-order valence-corrected chi connectivity index (χ1v) is 7.94. The molecule has 3 atom stereocenters. The van der Waals surface area contributed by atoms with Crippen molar-refractivity contribution in [3.8, 4) is 0 Å². The number of carbonyl (C=O) groups excluding carboxylic acids is 1. The van der Waals surface area contributed by atoms with Gasteiger partial charge in [0, 0.05) is 13.1 Å². The largest absolute Gasteiger partial charge is 0.341 e. The SMILES string of the molecule is CCC1CCNC(C(=O)N2CCC(C(C)(C)C)C2)C1. The third kappa shape index (κ3) is 3.50. The molecule has 0 bridgehead atoms. The zero-order valence-corrected chi connectivity index (χ0v) is 13.0. The van der Waals surface area contributed by atoms with Gasteiger partial charge in [-0.15, -0.1) is 0 Å². The lowest BCUT2D eigenvalue weighted by atomic mass is 9.80. The van der Waals surface area contributed by atoms with Gasteiger partial charge in [-0.05, 0) is 43.1 Å². The summed E-state index contributed by atoms with van der Waals surface area (Å²) in [7, 11) is 0. The highest BCUT2D eigenvalue weighted by molar-refractivity contribution is 5.82. The van der Waals surface area contributed by atoms with Gasteiger partial charge < -0.3 is 10.2 Å². The lowest BCUT2D eigenvalue weighted by Crippen LogP contribution is -2.49. The molecule has 1 N–H and O–H groups in total. The maximum absolute atomic E-state index is 12.6. The lowest BCUT2D eigenvalue weighted by Gasteiger charge is -2.32. The van der Waals surface area contributed by atoms with E-state index in [1.165, 1.54) is 19.3 Å². The van der Waals surface area contributed by atoms with E-state index in [0.717, 1.165) is 32.0 Å². The van der Waals surface area contributed by atoms with Crippen LogP contribution in [0.15, 0.2) is 0 Å². The van der Waals surface area contributed by atoms with E-state index < -0.39 is 0 Å². The van der Waals surface area contributed by atoms with Gasteiger partial charge >= 0.3 is 0 Å². The molecular weight excluding hydrogens is 236 g/mol. The highest BCUT2D eigenvalue weighted by Crippen LogP contribution is 2.34. The second-order valence-electron chi connectivity index (χ2n) is 7.44. The first kappa shape index (κ1) is 14.8. The van der Waals surface area contributed by atoms with Crippen LogP contribution in [-0.4, -0.2) is 36.5 Å². The number of amides is 1. The summed E-state index contributed by atoms with van der Waals surface area (Å²) in [6, 6.07) is 0.0809. The van der Waals surface area contributed by atoms with Crippen molar-refractivity contribution in [3.05, 3.63) is 0 Å². The molecule has 19 heavy (non-hydrogen) atoms. The van der Waals surface area contributed by atoms with Crippen LogP contribution in [0.5, 0.6) is 0 Å². The highest BCUT2D eigenvalue weighted by Gasteiger charge is 2.37. The predicted octanol–water partition coefficient (Wildman–Crippen LogP) is 2.66. The van der Waals surface area contributed by atoms with E-state index in [1.807, 2.05) is 0 Å². The zero-order chi connectivity index (χ0) is 14.0. The summed E-state index contributed by atoms with van der Waals surface area (Å²) in [5, 5.41) is 3.42. The monoisotopic (exact) mass is 266 g/mol. The average Bonchev–Trinajstić information content (AvgIpc) is 2.87. The van der Waals surface area contributed by atoms with Crippen molar-refractivity contribution in [2.24, 2.45) is 17.3 Å². The van der Waals surface area contributed by atoms with Crippen molar-refractivity contribution in [1.82, 2.24) is 10.2 Å². The molecule has 0 aliphatic carbocycles. The summed E-state index contributed by atoms with van der Waals surface area (Å²) in [5.41, 5.74) is 0.320. The number of nitrogens with one attached hydrogen (secondary N) is 1. The van der Waals surface area contributed by atoms with E-state index in [9.17, 15) is 4.79 Å². The van der Waals surface area contributed by atoms with Crippen LogP contribution in [0, 0.1) is 17.3 Å². The number of hydrogen-bond acceptors (Lipinski definition) is 2. The minimum absolute atomic E-state index is 0.0809. The van der Waals surface area contributed by atoms with Crippen LogP contribution >= 0.6 is 0 Å². The van der Waals surface area contributed by atoms with Crippen molar-refractivity contribution < 1.29 is 4.79 Å². The molecule has 0 aromatic carbocycles. The Hall–Kier alpha value is -0.570. The summed E-state index contributed by atoms with van der Waals surface area (Å²) < 4.78 is 0. The topological polar surface area (TPSA) is 32.3 Å². The quantitative estimate of drug-likeness (QED) is 0.833. The fourth-order valence-corrected chi connectivity index (χ4v) is 3.44. The molecule has 0 aromatic heterocycles.